The number of aryl methyl sites for hydroxylation is 1. The Morgan fingerprint density at radius 3 is 2.75 bits per heavy atom. The molecule has 2 N–H and O–H groups in total. The third-order valence-corrected chi connectivity index (χ3v) is 4.56. The number of amides is 1. The van der Waals surface area contributed by atoms with Crippen LogP contribution in [0.2, 0.25) is 0 Å². The summed E-state index contributed by atoms with van der Waals surface area (Å²) in [6.07, 6.45) is 6.91. The maximum atomic E-state index is 12.4. The van der Waals surface area contributed by atoms with E-state index in [-0.39, 0.29) is 11.3 Å². The molecule has 0 bridgehead atoms. The van der Waals surface area contributed by atoms with Gasteiger partial charge in [0.25, 0.3) is 5.91 Å². The Labute approximate surface area is 143 Å². The van der Waals surface area contributed by atoms with Crippen molar-refractivity contribution < 1.29 is 4.79 Å². The molecule has 0 radical (unpaired) electrons. The smallest absolute Gasteiger partial charge is 0.269 e. The molecule has 2 aromatic rings. The Morgan fingerprint density at radius 1 is 1.25 bits per heavy atom. The summed E-state index contributed by atoms with van der Waals surface area (Å²) in [7, 11) is 0. The van der Waals surface area contributed by atoms with Crippen LogP contribution in [0.5, 0.6) is 0 Å². The first kappa shape index (κ1) is 16.7. The Balaban J connectivity index is 1.55. The quantitative estimate of drug-likeness (QED) is 0.907. The van der Waals surface area contributed by atoms with Crippen LogP contribution in [0.4, 0.5) is 0 Å². The van der Waals surface area contributed by atoms with Crippen LogP contribution in [-0.2, 0) is 24.7 Å². The van der Waals surface area contributed by atoms with Crippen LogP contribution in [0.1, 0.15) is 66.6 Å². The minimum atomic E-state index is -0.0510. The predicted molar refractivity (Wildman–Crippen MR) is 94.2 cm³/mol. The highest BCUT2D eigenvalue weighted by atomic mass is 16.1. The van der Waals surface area contributed by atoms with Crippen molar-refractivity contribution in [1.29, 1.82) is 0 Å². The molecule has 2 heterocycles. The van der Waals surface area contributed by atoms with Gasteiger partial charge in [0, 0.05) is 29.4 Å². The number of fused-ring (bicyclic) bond motifs is 1. The van der Waals surface area contributed by atoms with Crippen molar-refractivity contribution in [2.45, 2.75) is 58.3 Å². The zero-order valence-corrected chi connectivity index (χ0v) is 14.8. The molecule has 0 fully saturated rings. The summed E-state index contributed by atoms with van der Waals surface area (Å²) in [6, 6.07) is 4.17. The van der Waals surface area contributed by atoms with E-state index in [1.165, 1.54) is 0 Å². The number of H-pyrrole nitrogens is 1. The van der Waals surface area contributed by atoms with Gasteiger partial charge in [-0.05, 0) is 43.7 Å². The number of carbonyl (C=O) groups is 1. The molecule has 24 heavy (non-hydrogen) atoms. The lowest BCUT2D eigenvalue weighted by molar-refractivity contribution is 0.0948. The number of hydrogen-bond donors (Lipinski definition) is 2. The van der Waals surface area contributed by atoms with Crippen LogP contribution < -0.4 is 5.32 Å². The standard InChI is InChI=1S/C19H26N4O/c1-19(2,3)16-9-8-13(12-21-16)10-11-20-18(24)17-14-6-4-5-7-15(14)22-23-17/h8-9,12H,4-7,10-11H2,1-3H3,(H,20,24)(H,22,23). The van der Waals surface area contributed by atoms with Gasteiger partial charge in [-0.25, -0.2) is 0 Å². The molecule has 5 nitrogen and oxygen atoms in total. The summed E-state index contributed by atoms with van der Waals surface area (Å²) in [5, 5.41) is 10.2. The first-order valence-electron chi connectivity index (χ1n) is 8.75. The molecule has 3 rings (SSSR count). The highest BCUT2D eigenvalue weighted by Crippen LogP contribution is 2.22. The minimum absolute atomic E-state index is 0.0510. The number of nitrogens with one attached hydrogen (secondary N) is 2. The molecule has 0 aliphatic heterocycles. The summed E-state index contributed by atoms with van der Waals surface area (Å²) in [5.74, 6) is -0.0510. The Hall–Kier alpha value is -2.17. The third-order valence-electron chi connectivity index (χ3n) is 4.56. The molecular weight excluding hydrogens is 300 g/mol. The number of nitrogens with zero attached hydrogens (tertiary/aromatic N) is 2. The van der Waals surface area contributed by atoms with Crippen LogP contribution in [0.3, 0.4) is 0 Å². The second-order valence-electron chi connectivity index (χ2n) is 7.54. The average molecular weight is 326 g/mol. The van der Waals surface area contributed by atoms with Gasteiger partial charge in [-0.3, -0.25) is 14.9 Å². The van der Waals surface area contributed by atoms with Crippen LogP contribution in [0.15, 0.2) is 18.3 Å². The molecule has 1 aliphatic carbocycles. The SMILES string of the molecule is CC(C)(C)c1ccc(CCNC(=O)c2[nH]nc3c2CCCC3)cn1. The van der Waals surface area contributed by atoms with Crippen molar-refractivity contribution in [3.05, 3.63) is 46.5 Å². The van der Waals surface area contributed by atoms with Crippen LogP contribution >= 0.6 is 0 Å². The van der Waals surface area contributed by atoms with Gasteiger partial charge in [-0.2, -0.15) is 5.10 Å². The molecule has 5 heteroatoms. The van der Waals surface area contributed by atoms with Gasteiger partial charge in [0.1, 0.15) is 5.69 Å². The monoisotopic (exact) mass is 326 g/mol. The topological polar surface area (TPSA) is 70.7 Å². The maximum absolute atomic E-state index is 12.4. The van der Waals surface area contributed by atoms with Crippen molar-refractivity contribution in [3.8, 4) is 0 Å². The Morgan fingerprint density at radius 2 is 2.04 bits per heavy atom. The van der Waals surface area contributed by atoms with Crippen molar-refractivity contribution in [3.63, 3.8) is 0 Å². The average Bonchev–Trinajstić information content (AvgIpc) is 2.98. The number of carbonyl (C=O) groups excluding carboxylic acids is 1. The highest BCUT2D eigenvalue weighted by Gasteiger charge is 2.21. The molecule has 0 unspecified atom stereocenters. The normalized spacial score (nSPS) is 14.3. The third kappa shape index (κ3) is 3.66. The zero-order valence-electron chi connectivity index (χ0n) is 14.8. The molecule has 1 amide bonds. The van der Waals surface area contributed by atoms with Crippen molar-refractivity contribution >= 4 is 5.91 Å². The van der Waals surface area contributed by atoms with Gasteiger partial charge in [-0.1, -0.05) is 26.8 Å². The Bertz CT molecular complexity index is 710. The molecule has 0 saturated heterocycles. The number of aromatic nitrogens is 3. The fraction of sp³-hybridized carbons (Fsp3) is 0.526. The molecule has 2 aromatic heterocycles. The van der Waals surface area contributed by atoms with Gasteiger partial charge >= 0.3 is 0 Å². The van der Waals surface area contributed by atoms with Crippen LogP contribution in [0, 0.1) is 0 Å². The Kier molecular flexibility index (Phi) is 4.69. The van der Waals surface area contributed by atoms with Crippen molar-refractivity contribution in [1.82, 2.24) is 20.5 Å². The van der Waals surface area contributed by atoms with Gasteiger partial charge in [0.05, 0.1) is 5.69 Å². The van der Waals surface area contributed by atoms with E-state index in [9.17, 15) is 4.79 Å². The summed E-state index contributed by atoms with van der Waals surface area (Å²) < 4.78 is 0. The number of pyridine rings is 1. The van der Waals surface area contributed by atoms with Crippen LogP contribution in [0.25, 0.3) is 0 Å². The molecular formula is C19H26N4O. The van der Waals surface area contributed by atoms with E-state index < -0.39 is 0 Å². The summed E-state index contributed by atoms with van der Waals surface area (Å²) in [4.78, 5) is 16.9. The van der Waals surface area contributed by atoms with E-state index in [1.54, 1.807) is 0 Å². The number of hydrogen-bond acceptors (Lipinski definition) is 3. The van der Waals surface area contributed by atoms with Gasteiger partial charge in [0.2, 0.25) is 0 Å². The van der Waals surface area contributed by atoms with E-state index in [1.807, 2.05) is 6.20 Å². The fourth-order valence-electron chi connectivity index (χ4n) is 3.09. The fourth-order valence-corrected chi connectivity index (χ4v) is 3.09. The molecule has 1 aliphatic rings. The molecule has 0 aromatic carbocycles. The van der Waals surface area contributed by atoms with E-state index >= 15 is 0 Å². The largest absolute Gasteiger partial charge is 0.350 e. The van der Waals surface area contributed by atoms with Gasteiger partial charge in [0.15, 0.2) is 0 Å². The van der Waals surface area contributed by atoms with Crippen molar-refractivity contribution in [2.24, 2.45) is 0 Å². The first-order valence-corrected chi connectivity index (χ1v) is 8.75. The summed E-state index contributed by atoms with van der Waals surface area (Å²) in [5.41, 5.74) is 5.09. The lowest BCUT2D eigenvalue weighted by Gasteiger charge is -2.17. The van der Waals surface area contributed by atoms with Gasteiger partial charge in [-0.15, -0.1) is 0 Å². The zero-order chi connectivity index (χ0) is 17.2. The maximum Gasteiger partial charge on any atom is 0.269 e. The van der Waals surface area contributed by atoms with E-state index in [0.717, 1.165) is 54.6 Å². The molecule has 0 atom stereocenters. The summed E-state index contributed by atoms with van der Waals surface area (Å²) >= 11 is 0. The summed E-state index contributed by atoms with van der Waals surface area (Å²) in [6.45, 7) is 7.06. The number of aromatic amines is 1. The van der Waals surface area contributed by atoms with Crippen LogP contribution in [-0.4, -0.2) is 27.6 Å². The van der Waals surface area contributed by atoms with Gasteiger partial charge < -0.3 is 5.32 Å². The highest BCUT2D eigenvalue weighted by molar-refractivity contribution is 5.94. The first-order chi connectivity index (χ1) is 11.4. The van der Waals surface area contributed by atoms with Crippen molar-refractivity contribution in [2.75, 3.05) is 6.54 Å². The predicted octanol–water partition coefficient (Wildman–Crippen LogP) is 2.95. The second-order valence-corrected chi connectivity index (χ2v) is 7.54. The molecule has 0 saturated carbocycles. The lowest BCUT2D eigenvalue weighted by atomic mass is 9.91. The molecule has 128 valence electrons. The van der Waals surface area contributed by atoms with E-state index in [0.29, 0.717) is 12.2 Å². The second kappa shape index (κ2) is 6.75. The number of rotatable bonds is 4. The van der Waals surface area contributed by atoms with E-state index in [2.05, 4.69) is 53.4 Å². The minimum Gasteiger partial charge on any atom is -0.350 e. The van der Waals surface area contributed by atoms with E-state index in [4.69, 9.17) is 0 Å². The molecule has 0 spiro atoms. The lowest BCUT2D eigenvalue weighted by Crippen LogP contribution is -2.27.